The normalized spacial score (nSPS) is 11.2. The lowest BCUT2D eigenvalue weighted by Crippen LogP contribution is -2.23. The first-order valence-corrected chi connectivity index (χ1v) is 7.28. The Bertz CT molecular complexity index is 684. The molecule has 6 nitrogen and oxygen atoms in total. The highest BCUT2D eigenvalue weighted by atomic mass is 32.2. The van der Waals surface area contributed by atoms with Gasteiger partial charge in [0.05, 0.1) is 7.11 Å². The highest BCUT2D eigenvalue weighted by Crippen LogP contribution is 2.21. The van der Waals surface area contributed by atoms with Gasteiger partial charge in [0.1, 0.15) is 10.6 Å². The van der Waals surface area contributed by atoms with Crippen molar-refractivity contribution in [3.63, 3.8) is 0 Å². The average molecular weight is 294 g/mol. The molecule has 0 aliphatic heterocycles. The van der Waals surface area contributed by atoms with E-state index in [1.54, 1.807) is 24.3 Å². The Labute approximate surface area is 117 Å². The number of aromatic nitrogens is 1. The van der Waals surface area contributed by atoms with E-state index in [-0.39, 0.29) is 17.2 Å². The van der Waals surface area contributed by atoms with Crippen LogP contribution in [0.25, 0.3) is 0 Å². The van der Waals surface area contributed by atoms with Crippen LogP contribution in [0.15, 0.2) is 47.5 Å². The summed E-state index contributed by atoms with van der Waals surface area (Å²) in [5, 5.41) is 9.56. The first kappa shape index (κ1) is 14.3. The van der Waals surface area contributed by atoms with Crippen molar-refractivity contribution >= 4 is 10.0 Å². The van der Waals surface area contributed by atoms with Crippen molar-refractivity contribution in [2.75, 3.05) is 7.11 Å². The van der Waals surface area contributed by atoms with Gasteiger partial charge in [0.15, 0.2) is 0 Å². The molecule has 0 atom stereocenters. The summed E-state index contributed by atoms with van der Waals surface area (Å²) >= 11 is 0. The van der Waals surface area contributed by atoms with E-state index in [1.807, 2.05) is 0 Å². The zero-order valence-corrected chi connectivity index (χ0v) is 11.6. The third-order valence-corrected chi connectivity index (χ3v) is 4.08. The van der Waals surface area contributed by atoms with Crippen molar-refractivity contribution in [1.82, 2.24) is 9.71 Å². The lowest BCUT2D eigenvalue weighted by atomic mass is 10.3. The summed E-state index contributed by atoms with van der Waals surface area (Å²) in [7, 11) is -2.26. The number of sulfonamides is 1. The molecule has 7 heteroatoms. The molecule has 2 aromatic rings. The van der Waals surface area contributed by atoms with E-state index in [0.717, 1.165) is 0 Å². The van der Waals surface area contributed by atoms with Gasteiger partial charge in [-0.25, -0.2) is 18.1 Å². The maximum absolute atomic E-state index is 12.0. The van der Waals surface area contributed by atoms with Gasteiger partial charge in [-0.1, -0.05) is 18.2 Å². The first-order valence-electron chi connectivity index (χ1n) is 5.79. The van der Waals surface area contributed by atoms with Gasteiger partial charge in [-0.2, -0.15) is 0 Å². The molecule has 0 saturated heterocycles. The number of hydrogen-bond donors (Lipinski definition) is 2. The van der Waals surface area contributed by atoms with Crippen LogP contribution < -0.4 is 9.46 Å². The third kappa shape index (κ3) is 3.25. The predicted octanol–water partition coefficient (Wildman–Crippen LogP) is 1.27. The Hall–Kier alpha value is -2.12. The molecule has 106 valence electrons. The van der Waals surface area contributed by atoms with Gasteiger partial charge in [-0.3, -0.25) is 0 Å². The smallest absolute Gasteiger partial charge is 0.244 e. The summed E-state index contributed by atoms with van der Waals surface area (Å²) in [6.07, 6.45) is 1.52. The van der Waals surface area contributed by atoms with Crippen molar-refractivity contribution in [3.8, 4) is 11.6 Å². The van der Waals surface area contributed by atoms with Crippen LogP contribution in [0.2, 0.25) is 0 Å². The molecule has 0 spiro atoms. The van der Waals surface area contributed by atoms with Crippen LogP contribution in [0.1, 0.15) is 5.56 Å². The minimum absolute atomic E-state index is 0.0770. The third-order valence-electron chi connectivity index (χ3n) is 2.63. The maximum atomic E-state index is 12.0. The van der Waals surface area contributed by atoms with Gasteiger partial charge >= 0.3 is 0 Å². The lowest BCUT2D eigenvalue weighted by Gasteiger charge is -2.08. The zero-order valence-electron chi connectivity index (χ0n) is 10.8. The number of phenolic OH excluding ortho intramolecular Hbond substituents is 1. The SMILES string of the molecule is COc1ccc(CNS(=O)(=O)c2ccccc2O)cn1. The largest absolute Gasteiger partial charge is 0.507 e. The second-order valence-corrected chi connectivity index (χ2v) is 5.74. The van der Waals surface area contributed by atoms with E-state index in [0.29, 0.717) is 11.4 Å². The first-order chi connectivity index (χ1) is 9.53. The number of ether oxygens (including phenoxy) is 1. The molecule has 0 aliphatic carbocycles. The highest BCUT2D eigenvalue weighted by molar-refractivity contribution is 7.89. The summed E-state index contributed by atoms with van der Waals surface area (Å²) in [4.78, 5) is 3.83. The highest BCUT2D eigenvalue weighted by Gasteiger charge is 2.17. The fourth-order valence-electron chi connectivity index (χ4n) is 1.58. The van der Waals surface area contributed by atoms with Crippen LogP contribution >= 0.6 is 0 Å². The van der Waals surface area contributed by atoms with Gasteiger partial charge in [-0.15, -0.1) is 0 Å². The summed E-state index contributed by atoms with van der Waals surface area (Å²) in [6.45, 7) is 0.0770. The molecule has 2 rings (SSSR count). The average Bonchev–Trinajstić information content (AvgIpc) is 2.46. The molecule has 0 amide bonds. The van der Waals surface area contributed by atoms with E-state index < -0.39 is 10.0 Å². The number of aromatic hydroxyl groups is 1. The number of benzene rings is 1. The number of methoxy groups -OCH3 is 1. The molecule has 2 N–H and O–H groups in total. The van der Waals surface area contributed by atoms with Crippen LogP contribution in [-0.2, 0) is 16.6 Å². The van der Waals surface area contributed by atoms with Gasteiger partial charge in [-0.05, 0) is 17.7 Å². The standard InChI is InChI=1S/C13H14N2O4S/c1-19-13-7-6-10(8-14-13)9-15-20(17,18)12-5-3-2-4-11(12)16/h2-8,15-16H,9H2,1H3. The van der Waals surface area contributed by atoms with Crippen molar-refractivity contribution in [3.05, 3.63) is 48.2 Å². The van der Waals surface area contributed by atoms with E-state index in [4.69, 9.17) is 4.74 Å². The molecule has 20 heavy (non-hydrogen) atoms. The fourth-order valence-corrected chi connectivity index (χ4v) is 2.69. The van der Waals surface area contributed by atoms with Gasteiger partial charge in [0.2, 0.25) is 15.9 Å². The number of pyridine rings is 1. The van der Waals surface area contributed by atoms with Gasteiger partial charge < -0.3 is 9.84 Å². The number of rotatable bonds is 5. The van der Waals surface area contributed by atoms with E-state index in [9.17, 15) is 13.5 Å². The molecule has 0 radical (unpaired) electrons. The minimum Gasteiger partial charge on any atom is -0.507 e. The van der Waals surface area contributed by atoms with Gasteiger partial charge in [0.25, 0.3) is 0 Å². The van der Waals surface area contributed by atoms with Crippen molar-refractivity contribution in [1.29, 1.82) is 0 Å². The second kappa shape index (κ2) is 5.89. The van der Waals surface area contributed by atoms with E-state index >= 15 is 0 Å². The van der Waals surface area contributed by atoms with Crippen LogP contribution in [0.3, 0.4) is 0 Å². The molecule has 1 heterocycles. The lowest BCUT2D eigenvalue weighted by molar-refractivity contribution is 0.397. The van der Waals surface area contributed by atoms with Crippen LogP contribution in [0, 0.1) is 0 Å². The van der Waals surface area contributed by atoms with Crippen molar-refractivity contribution in [2.45, 2.75) is 11.4 Å². The molecule has 0 bridgehead atoms. The molecular formula is C13H14N2O4S. The molecule has 0 unspecified atom stereocenters. The number of para-hydroxylation sites is 1. The summed E-state index contributed by atoms with van der Waals surface area (Å²) in [5.74, 6) is 0.171. The zero-order chi connectivity index (χ0) is 14.6. The number of nitrogens with zero attached hydrogens (tertiary/aromatic N) is 1. The van der Waals surface area contributed by atoms with E-state index in [1.165, 1.54) is 25.4 Å². The van der Waals surface area contributed by atoms with Gasteiger partial charge in [0, 0.05) is 18.8 Å². The molecule has 0 fully saturated rings. The Morgan fingerprint density at radius 2 is 2.00 bits per heavy atom. The Balaban J connectivity index is 2.11. The summed E-state index contributed by atoms with van der Waals surface area (Å²) in [6, 6.07) is 9.11. The Morgan fingerprint density at radius 1 is 1.25 bits per heavy atom. The second-order valence-electron chi connectivity index (χ2n) is 4.00. The number of phenols is 1. The van der Waals surface area contributed by atoms with Crippen molar-refractivity contribution in [2.24, 2.45) is 0 Å². The van der Waals surface area contributed by atoms with Crippen LogP contribution in [-0.4, -0.2) is 25.6 Å². The topological polar surface area (TPSA) is 88.5 Å². The van der Waals surface area contributed by atoms with Crippen LogP contribution in [0.4, 0.5) is 0 Å². The molecule has 0 saturated carbocycles. The molecule has 1 aromatic heterocycles. The summed E-state index contributed by atoms with van der Waals surface area (Å²) in [5.41, 5.74) is 0.685. The predicted molar refractivity (Wildman–Crippen MR) is 72.9 cm³/mol. The van der Waals surface area contributed by atoms with Crippen LogP contribution in [0.5, 0.6) is 11.6 Å². The number of hydrogen-bond acceptors (Lipinski definition) is 5. The van der Waals surface area contributed by atoms with Crippen molar-refractivity contribution < 1.29 is 18.3 Å². The molecule has 1 aromatic carbocycles. The van der Waals surface area contributed by atoms with E-state index in [2.05, 4.69) is 9.71 Å². The Morgan fingerprint density at radius 3 is 2.60 bits per heavy atom. The molecular weight excluding hydrogens is 280 g/mol. The number of nitrogens with one attached hydrogen (secondary N) is 1. The maximum Gasteiger partial charge on any atom is 0.244 e. The summed E-state index contributed by atoms with van der Waals surface area (Å²) < 4.78 is 31.4. The quantitative estimate of drug-likeness (QED) is 0.867. The fraction of sp³-hybridized carbons (Fsp3) is 0.154. The monoisotopic (exact) mass is 294 g/mol. The minimum atomic E-state index is -3.76. The molecule has 0 aliphatic rings. The Kier molecular flexibility index (Phi) is 4.21.